The predicted molar refractivity (Wildman–Crippen MR) is 99.3 cm³/mol. The highest BCUT2D eigenvalue weighted by Gasteiger charge is 2.30. The fraction of sp³-hybridized carbons (Fsp3) is 0.600. The third-order valence-electron chi connectivity index (χ3n) is 5.11. The lowest BCUT2D eigenvalue weighted by Crippen LogP contribution is -2.49. The van der Waals surface area contributed by atoms with Crippen molar-refractivity contribution in [2.24, 2.45) is 11.7 Å². The maximum atomic E-state index is 12.7. The van der Waals surface area contributed by atoms with Crippen LogP contribution in [0.2, 0.25) is 0 Å². The molecular weight excluding hydrogens is 332 g/mol. The largest absolute Gasteiger partial charge is 0.481 e. The Labute approximate surface area is 155 Å². The van der Waals surface area contributed by atoms with Crippen LogP contribution in [0.5, 0.6) is 0 Å². The van der Waals surface area contributed by atoms with Crippen LogP contribution in [0.25, 0.3) is 0 Å². The number of carbonyl (C=O) groups excluding carboxylic acids is 1. The van der Waals surface area contributed by atoms with Crippen LogP contribution in [-0.2, 0) is 16.1 Å². The van der Waals surface area contributed by atoms with Gasteiger partial charge < -0.3 is 20.8 Å². The molecule has 1 aliphatic rings. The van der Waals surface area contributed by atoms with Gasteiger partial charge in [0.25, 0.3) is 5.91 Å². The lowest BCUT2D eigenvalue weighted by molar-refractivity contribution is -0.144. The first-order valence-corrected chi connectivity index (χ1v) is 9.45. The number of amides is 1. The van der Waals surface area contributed by atoms with Gasteiger partial charge in [-0.3, -0.25) is 9.59 Å². The molecule has 1 fully saturated rings. The van der Waals surface area contributed by atoms with E-state index >= 15 is 0 Å². The Morgan fingerprint density at radius 2 is 1.81 bits per heavy atom. The van der Waals surface area contributed by atoms with Gasteiger partial charge in [-0.05, 0) is 17.9 Å². The van der Waals surface area contributed by atoms with Crippen molar-refractivity contribution in [3.8, 4) is 0 Å². The maximum Gasteiger partial charge on any atom is 0.305 e. The Morgan fingerprint density at radius 1 is 1.15 bits per heavy atom. The van der Waals surface area contributed by atoms with Crippen molar-refractivity contribution in [1.29, 1.82) is 0 Å². The summed E-state index contributed by atoms with van der Waals surface area (Å²) >= 11 is 0. The van der Waals surface area contributed by atoms with Crippen LogP contribution in [0, 0.1) is 5.92 Å². The van der Waals surface area contributed by atoms with E-state index in [-0.39, 0.29) is 19.5 Å². The molecular formula is C20H30N2O4. The van der Waals surface area contributed by atoms with Gasteiger partial charge in [-0.25, -0.2) is 0 Å². The van der Waals surface area contributed by atoms with E-state index in [0.29, 0.717) is 12.3 Å². The Bertz CT molecular complexity index is 572. The Hall–Kier alpha value is -1.92. The molecule has 6 nitrogen and oxygen atoms in total. The summed E-state index contributed by atoms with van der Waals surface area (Å²) < 4.78 is 0. The third-order valence-corrected chi connectivity index (χ3v) is 5.11. The van der Waals surface area contributed by atoms with Gasteiger partial charge in [0.2, 0.25) is 0 Å². The Balaban J connectivity index is 1.99. The number of carboxylic acid groups (broad SMARTS) is 1. The molecule has 4 N–H and O–H groups in total. The molecule has 1 aromatic carbocycles. The van der Waals surface area contributed by atoms with Gasteiger partial charge in [-0.1, -0.05) is 62.4 Å². The second kappa shape index (κ2) is 10.3. The van der Waals surface area contributed by atoms with Gasteiger partial charge in [0.15, 0.2) is 0 Å². The molecule has 1 amide bonds. The average molecular weight is 362 g/mol. The number of aliphatic hydroxyl groups is 1. The van der Waals surface area contributed by atoms with Crippen LogP contribution in [0.3, 0.4) is 0 Å². The molecule has 0 aliphatic heterocycles. The quantitative estimate of drug-likeness (QED) is 0.624. The summed E-state index contributed by atoms with van der Waals surface area (Å²) in [6.07, 6.45) is 4.97. The molecule has 6 heteroatoms. The van der Waals surface area contributed by atoms with E-state index in [0.717, 1.165) is 18.4 Å². The van der Waals surface area contributed by atoms with Gasteiger partial charge >= 0.3 is 5.97 Å². The second-order valence-corrected chi connectivity index (χ2v) is 7.24. The highest BCUT2D eigenvalue weighted by molar-refractivity contribution is 5.82. The van der Waals surface area contributed by atoms with E-state index < -0.39 is 24.0 Å². The number of hydrogen-bond donors (Lipinski definition) is 3. The number of hydrogen-bond acceptors (Lipinski definition) is 4. The number of aliphatic hydroxyl groups excluding tert-OH is 1. The third kappa shape index (κ3) is 6.42. The number of nitrogens with zero attached hydrogens (tertiary/aromatic N) is 1. The minimum absolute atomic E-state index is 0.0519. The van der Waals surface area contributed by atoms with Gasteiger partial charge in [-0.15, -0.1) is 0 Å². The Morgan fingerprint density at radius 3 is 2.42 bits per heavy atom. The molecule has 0 radical (unpaired) electrons. The van der Waals surface area contributed by atoms with Crippen LogP contribution in [0.15, 0.2) is 30.3 Å². The smallest absolute Gasteiger partial charge is 0.305 e. The van der Waals surface area contributed by atoms with Crippen LogP contribution in [0.1, 0.15) is 50.5 Å². The first-order valence-electron chi connectivity index (χ1n) is 9.45. The van der Waals surface area contributed by atoms with Crippen LogP contribution in [0.4, 0.5) is 0 Å². The van der Waals surface area contributed by atoms with Gasteiger partial charge in [-0.2, -0.15) is 0 Å². The molecule has 0 saturated heterocycles. The van der Waals surface area contributed by atoms with Crippen molar-refractivity contribution in [2.75, 3.05) is 6.54 Å². The number of benzene rings is 1. The maximum absolute atomic E-state index is 12.7. The number of carboxylic acids is 1. The zero-order valence-electron chi connectivity index (χ0n) is 15.2. The van der Waals surface area contributed by atoms with Gasteiger partial charge in [0, 0.05) is 19.1 Å². The lowest BCUT2D eigenvalue weighted by atomic mass is 9.84. The highest BCUT2D eigenvalue weighted by Crippen LogP contribution is 2.27. The first kappa shape index (κ1) is 20.4. The van der Waals surface area contributed by atoms with Crippen LogP contribution >= 0.6 is 0 Å². The van der Waals surface area contributed by atoms with Crippen molar-refractivity contribution in [3.63, 3.8) is 0 Å². The Kier molecular flexibility index (Phi) is 8.06. The van der Waals surface area contributed by atoms with Gasteiger partial charge in [0.05, 0.1) is 6.42 Å². The van der Waals surface area contributed by atoms with E-state index in [2.05, 4.69) is 0 Å². The molecule has 1 aromatic rings. The molecule has 2 rings (SSSR count). The van der Waals surface area contributed by atoms with E-state index in [1.54, 1.807) is 0 Å². The molecule has 26 heavy (non-hydrogen) atoms. The summed E-state index contributed by atoms with van der Waals surface area (Å²) in [6, 6.07) is 8.72. The van der Waals surface area contributed by atoms with Crippen molar-refractivity contribution < 1.29 is 19.8 Å². The topological polar surface area (TPSA) is 104 Å². The zero-order chi connectivity index (χ0) is 18.9. The molecule has 0 aromatic heterocycles. The monoisotopic (exact) mass is 362 g/mol. The molecule has 0 spiro atoms. The van der Waals surface area contributed by atoms with E-state index in [1.807, 2.05) is 30.3 Å². The van der Waals surface area contributed by atoms with Crippen LogP contribution in [-0.4, -0.2) is 45.7 Å². The standard InChI is InChI=1S/C20H30N2O4/c21-17(13-15-7-3-1-4-8-15)19(25)20(26)22(12-11-18(23)24)14-16-9-5-2-6-10-16/h2,5-6,9-10,15,17,19,25H,1,3-4,7-8,11-14,21H2,(H,23,24)/t17-,19?/m1/s1. The van der Waals surface area contributed by atoms with Crippen molar-refractivity contribution in [3.05, 3.63) is 35.9 Å². The molecule has 1 unspecified atom stereocenters. The summed E-state index contributed by atoms with van der Waals surface area (Å²) in [5.41, 5.74) is 7.01. The molecule has 0 bridgehead atoms. The summed E-state index contributed by atoms with van der Waals surface area (Å²) in [4.78, 5) is 25.1. The van der Waals surface area contributed by atoms with Crippen molar-refractivity contribution in [1.82, 2.24) is 4.90 Å². The zero-order valence-corrected chi connectivity index (χ0v) is 15.2. The summed E-state index contributed by atoms with van der Waals surface area (Å²) in [6.45, 7) is 0.316. The minimum atomic E-state index is -1.30. The molecule has 0 heterocycles. The van der Waals surface area contributed by atoms with Crippen molar-refractivity contribution in [2.45, 2.75) is 63.6 Å². The van der Waals surface area contributed by atoms with E-state index in [9.17, 15) is 14.7 Å². The normalized spacial score (nSPS) is 17.5. The number of carbonyl (C=O) groups is 2. The molecule has 2 atom stereocenters. The fourth-order valence-electron chi connectivity index (χ4n) is 3.61. The molecule has 1 aliphatic carbocycles. The SMILES string of the molecule is N[C@H](CC1CCCCC1)C(O)C(=O)N(CCC(=O)O)Cc1ccccc1. The molecule has 1 saturated carbocycles. The number of rotatable bonds is 9. The summed E-state index contributed by atoms with van der Waals surface area (Å²) in [7, 11) is 0. The lowest BCUT2D eigenvalue weighted by Gasteiger charge is -2.30. The first-order chi connectivity index (χ1) is 12.5. The summed E-state index contributed by atoms with van der Waals surface area (Å²) in [5, 5.41) is 19.4. The van der Waals surface area contributed by atoms with E-state index in [1.165, 1.54) is 24.2 Å². The fourth-order valence-corrected chi connectivity index (χ4v) is 3.61. The molecule has 144 valence electrons. The minimum Gasteiger partial charge on any atom is -0.481 e. The van der Waals surface area contributed by atoms with Crippen molar-refractivity contribution >= 4 is 11.9 Å². The second-order valence-electron chi connectivity index (χ2n) is 7.24. The van der Waals surface area contributed by atoms with Crippen LogP contribution < -0.4 is 5.73 Å². The van der Waals surface area contributed by atoms with Gasteiger partial charge in [0.1, 0.15) is 6.10 Å². The average Bonchev–Trinajstić information content (AvgIpc) is 2.65. The van der Waals surface area contributed by atoms with E-state index in [4.69, 9.17) is 10.8 Å². The summed E-state index contributed by atoms with van der Waals surface area (Å²) in [5.74, 6) is -1.00. The number of nitrogens with two attached hydrogens (primary N) is 1. The predicted octanol–water partition coefficient (Wildman–Crippen LogP) is 2.15. The number of aliphatic carboxylic acids is 1. The highest BCUT2D eigenvalue weighted by atomic mass is 16.4.